The first-order valence-corrected chi connectivity index (χ1v) is 7.29. The molecule has 21 heavy (non-hydrogen) atoms. The summed E-state index contributed by atoms with van der Waals surface area (Å²) >= 11 is 0. The van der Waals surface area contributed by atoms with Crippen molar-refractivity contribution in [3.05, 3.63) is 48.0 Å². The third-order valence-electron chi connectivity index (χ3n) is 3.89. The molecule has 1 unspecified atom stereocenters. The molecule has 3 rings (SSSR count). The molecule has 4 nitrogen and oxygen atoms in total. The number of imide groups is 1. The van der Waals surface area contributed by atoms with Gasteiger partial charge in [0.1, 0.15) is 6.04 Å². The minimum atomic E-state index is -0.363. The number of nitrogens with zero attached hydrogens (tertiary/aromatic N) is 1. The lowest BCUT2D eigenvalue weighted by atomic mass is 10.0. The zero-order valence-electron chi connectivity index (χ0n) is 12.0. The van der Waals surface area contributed by atoms with Crippen molar-refractivity contribution in [2.24, 2.45) is 0 Å². The quantitative estimate of drug-likeness (QED) is 0.876. The monoisotopic (exact) mass is 282 g/mol. The molecule has 2 aromatic rings. The molecule has 1 N–H and O–H groups in total. The van der Waals surface area contributed by atoms with Gasteiger partial charge >= 0.3 is 6.03 Å². The summed E-state index contributed by atoms with van der Waals surface area (Å²) < 4.78 is 0. The van der Waals surface area contributed by atoms with Crippen LogP contribution in [-0.2, 0) is 11.3 Å². The molecule has 4 heteroatoms. The van der Waals surface area contributed by atoms with Gasteiger partial charge in [0.05, 0.1) is 6.54 Å². The van der Waals surface area contributed by atoms with E-state index in [2.05, 4.69) is 5.32 Å². The third-order valence-corrected chi connectivity index (χ3v) is 3.89. The number of hydrogen-bond acceptors (Lipinski definition) is 2. The van der Waals surface area contributed by atoms with E-state index in [0.717, 1.165) is 22.8 Å². The highest BCUT2D eigenvalue weighted by atomic mass is 16.2. The van der Waals surface area contributed by atoms with Gasteiger partial charge in [-0.3, -0.25) is 9.69 Å². The van der Waals surface area contributed by atoms with Crippen molar-refractivity contribution in [1.82, 2.24) is 10.2 Å². The van der Waals surface area contributed by atoms with Gasteiger partial charge < -0.3 is 5.32 Å². The SMILES string of the molecule is CCCC1NC(=O)N(Cc2cccc3ccccc23)C1=O. The van der Waals surface area contributed by atoms with Crippen molar-refractivity contribution < 1.29 is 9.59 Å². The Kier molecular flexibility index (Phi) is 3.60. The molecule has 0 radical (unpaired) electrons. The molecule has 1 fully saturated rings. The van der Waals surface area contributed by atoms with E-state index in [1.165, 1.54) is 4.90 Å². The highest BCUT2D eigenvalue weighted by molar-refractivity contribution is 6.04. The summed E-state index contributed by atoms with van der Waals surface area (Å²) in [6.45, 7) is 2.33. The second kappa shape index (κ2) is 5.56. The number of urea groups is 1. The first-order chi connectivity index (χ1) is 10.2. The minimum absolute atomic E-state index is 0.116. The minimum Gasteiger partial charge on any atom is -0.326 e. The molecule has 1 saturated heterocycles. The molecular weight excluding hydrogens is 264 g/mol. The Hall–Kier alpha value is -2.36. The molecule has 2 aromatic carbocycles. The lowest BCUT2D eigenvalue weighted by molar-refractivity contribution is -0.128. The summed E-state index contributed by atoms with van der Waals surface area (Å²) in [6.07, 6.45) is 1.56. The van der Waals surface area contributed by atoms with Gasteiger partial charge in [-0.1, -0.05) is 55.8 Å². The first-order valence-electron chi connectivity index (χ1n) is 7.29. The van der Waals surface area contributed by atoms with Gasteiger partial charge in [-0.25, -0.2) is 4.79 Å². The molecule has 0 aromatic heterocycles. The zero-order chi connectivity index (χ0) is 14.8. The number of amides is 3. The first kappa shape index (κ1) is 13.6. The standard InChI is InChI=1S/C17H18N2O2/c1-2-6-15-16(20)19(17(21)18-15)11-13-9-5-8-12-7-3-4-10-14(12)13/h3-5,7-10,15H,2,6,11H2,1H3,(H,18,21). The highest BCUT2D eigenvalue weighted by Gasteiger charge is 2.37. The van der Waals surface area contributed by atoms with E-state index in [0.29, 0.717) is 13.0 Å². The van der Waals surface area contributed by atoms with Crippen molar-refractivity contribution in [3.8, 4) is 0 Å². The fourth-order valence-electron chi connectivity index (χ4n) is 2.81. The maximum absolute atomic E-state index is 12.3. The lowest BCUT2D eigenvalue weighted by Gasteiger charge is -2.14. The van der Waals surface area contributed by atoms with Gasteiger partial charge in [0, 0.05) is 0 Å². The Morgan fingerprint density at radius 3 is 2.67 bits per heavy atom. The molecule has 1 aliphatic heterocycles. The molecule has 0 bridgehead atoms. The van der Waals surface area contributed by atoms with Crippen molar-refractivity contribution in [2.45, 2.75) is 32.4 Å². The number of nitrogens with one attached hydrogen (secondary N) is 1. The Balaban J connectivity index is 1.89. The van der Waals surface area contributed by atoms with Gasteiger partial charge in [-0.2, -0.15) is 0 Å². The van der Waals surface area contributed by atoms with Gasteiger partial charge in [0.2, 0.25) is 0 Å². The second-order valence-electron chi connectivity index (χ2n) is 5.35. The fourth-order valence-corrected chi connectivity index (χ4v) is 2.81. The summed E-state index contributed by atoms with van der Waals surface area (Å²) in [5.41, 5.74) is 0.994. The van der Waals surface area contributed by atoms with E-state index >= 15 is 0 Å². The van der Waals surface area contributed by atoms with E-state index in [1.807, 2.05) is 49.4 Å². The molecule has 0 saturated carbocycles. The largest absolute Gasteiger partial charge is 0.326 e. The Morgan fingerprint density at radius 1 is 1.10 bits per heavy atom. The smallest absolute Gasteiger partial charge is 0.325 e. The van der Waals surface area contributed by atoms with Crippen molar-refractivity contribution in [2.75, 3.05) is 0 Å². The highest BCUT2D eigenvalue weighted by Crippen LogP contribution is 2.22. The van der Waals surface area contributed by atoms with E-state index < -0.39 is 0 Å². The van der Waals surface area contributed by atoms with E-state index in [4.69, 9.17) is 0 Å². The molecule has 108 valence electrons. The molecule has 0 spiro atoms. The predicted molar refractivity (Wildman–Crippen MR) is 81.7 cm³/mol. The van der Waals surface area contributed by atoms with Crippen LogP contribution in [0.15, 0.2) is 42.5 Å². The maximum atomic E-state index is 12.3. The van der Waals surface area contributed by atoms with E-state index in [1.54, 1.807) is 0 Å². The van der Waals surface area contributed by atoms with Crippen molar-refractivity contribution in [3.63, 3.8) is 0 Å². The summed E-state index contributed by atoms with van der Waals surface area (Å²) in [7, 11) is 0. The van der Waals surface area contributed by atoms with Crippen LogP contribution in [0, 0.1) is 0 Å². The molecule has 1 heterocycles. The summed E-state index contributed by atoms with van der Waals surface area (Å²) in [4.78, 5) is 25.6. The van der Waals surface area contributed by atoms with Gasteiger partial charge in [-0.15, -0.1) is 0 Å². The average molecular weight is 282 g/mol. The van der Waals surface area contributed by atoms with Crippen LogP contribution >= 0.6 is 0 Å². The molecule has 0 aliphatic carbocycles. The Labute approximate surface area is 123 Å². The Morgan fingerprint density at radius 2 is 1.86 bits per heavy atom. The van der Waals surface area contributed by atoms with Crippen LogP contribution in [0.2, 0.25) is 0 Å². The maximum Gasteiger partial charge on any atom is 0.325 e. The van der Waals surface area contributed by atoms with Crippen LogP contribution in [0.1, 0.15) is 25.3 Å². The number of carbonyl (C=O) groups is 2. The summed E-state index contributed by atoms with van der Waals surface area (Å²) in [5, 5.41) is 4.96. The van der Waals surface area contributed by atoms with Crippen LogP contribution in [0.25, 0.3) is 10.8 Å². The number of rotatable bonds is 4. The Bertz CT molecular complexity index is 691. The molecular formula is C17H18N2O2. The summed E-state index contributed by atoms with van der Waals surface area (Å²) in [6, 6.07) is 13.3. The summed E-state index contributed by atoms with van der Waals surface area (Å²) in [5.74, 6) is -0.116. The predicted octanol–water partition coefficient (Wildman–Crippen LogP) is 3.06. The lowest BCUT2D eigenvalue weighted by Crippen LogP contribution is -2.31. The van der Waals surface area contributed by atoms with Gasteiger partial charge in [0.25, 0.3) is 5.91 Å². The van der Waals surface area contributed by atoms with E-state index in [-0.39, 0.29) is 18.0 Å². The number of carbonyl (C=O) groups excluding carboxylic acids is 2. The second-order valence-corrected chi connectivity index (χ2v) is 5.35. The fraction of sp³-hybridized carbons (Fsp3) is 0.294. The molecule has 1 atom stereocenters. The van der Waals surface area contributed by atoms with Crippen molar-refractivity contribution in [1.29, 1.82) is 0 Å². The molecule has 1 aliphatic rings. The van der Waals surface area contributed by atoms with E-state index in [9.17, 15) is 9.59 Å². The average Bonchev–Trinajstić information content (AvgIpc) is 2.76. The van der Waals surface area contributed by atoms with Crippen molar-refractivity contribution >= 4 is 22.7 Å². The van der Waals surface area contributed by atoms with Crippen LogP contribution in [0.5, 0.6) is 0 Å². The van der Waals surface area contributed by atoms with Crippen LogP contribution in [-0.4, -0.2) is 22.9 Å². The number of fused-ring (bicyclic) bond motifs is 1. The van der Waals surface area contributed by atoms with Gasteiger partial charge in [0.15, 0.2) is 0 Å². The molecule has 3 amide bonds. The zero-order valence-corrected chi connectivity index (χ0v) is 12.0. The van der Waals surface area contributed by atoms with Gasteiger partial charge in [-0.05, 0) is 22.8 Å². The third kappa shape index (κ3) is 2.49. The van der Waals surface area contributed by atoms with Crippen LogP contribution in [0.3, 0.4) is 0 Å². The number of hydrogen-bond donors (Lipinski definition) is 1. The van der Waals surface area contributed by atoms with Crippen LogP contribution < -0.4 is 5.32 Å². The topological polar surface area (TPSA) is 49.4 Å². The number of benzene rings is 2. The van der Waals surface area contributed by atoms with Crippen LogP contribution in [0.4, 0.5) is 4.79 Å². The normalized spacial score (nSPS) is 18.3.